The molecule has 0 radical (unpaired) electrons. The van der Waals surface area contributed by atoms with Gasteiger partial charge in [0.25, 0.3) is 0 Å². The van der Waals surface area contributed by atoms with Gasteiger partial charge in [0.05, 0.1) is 12.2 Å². The Morgan fingerprint density at radius 1 is 1.75 bits per heavy atom. The van der Waals surface area contributed by atoms with Crippen LogP contribution >= 0.6 is 0 Å². The van der Waals surface area contributed by atoms with Crippen LogP contribution in [-0.4, -0.2) is 22.4 Å². The number of rotatable bonds is 3. The van der Waals surface area contributed by atoms with Gasteiger partial charge in [0.15, 0.2) is 0 Å². The molecule has 0 unspecified atom stereocenters. The van der Waals surface area contributed by atoms with Crippen molar-refractivity contribution < 1.29 is 4.79 Å². The van der Waals surface area contributed by atoms with Crippen molar-refractivity contribution in [2.24, 2.45) is 12.0 Å². The zero-order valence-electron chi connectivity index (χ0n) is 7.24. The summed E-state index contributed by atoms with van der Waals surface area (Å²) in [6.07, 6.45) is 2.21. The molecule has 0 aliphatic heterocycles. The minimum Gasteiger partial charge on any atom is -0.273 e. The fourth-order valence-corrected chi connectivity index (χ4v) is 0.973. The second-order valence-electron chi connectivity index (χ2n) is 2.62. The van der Waals surface area contributed by atoms with Gasteiger partial charge >= 0.3 is 0 Å². The summed E-state index contributed by atoms with van der Waals surface area (Å²) in [7, 11) is 1.89. The molecule has 1 aromatic heterocycles. The van der Waals surface area contributed by atoms with E-state index in [1.54, 1.807) is 4.68 Å². The summed E-state index contributed by atoms with van der Waals surface area (Å²) in [4.78, 5) is 13.2. The Hall–Kier alpha value is -1.41. The molecule has 0 aliphatic carbocycles. The largest absolute Gasteiger partial charge is 0.273 e. The predicted octanol–water partition coefficient (Wildman–Crippen LogP) is 0.607. The molecule has 0 atom stereocenters. The van der Waals surface area contributed by atoms with E-state index in [1.807, 2.05) is 20.0 Å². The molecule has 64 valence electrons. The molecule has 12 heavy (non-hydrogen) atoms. The summed E-state index contributed by atoms with van der Waals surface area (Å²) >= 11 is 0. The molecule has 0 aliphatic rings. The number of aromatic nitrogens is 2. The summed E-state index contributed by atoms with van der Waals surface area (Å²) in [6.45, 7) is 2.46. The SMILES string of the molecule is Cc1cc(CCN=C=O)nn1C. The molecule has 0 fully saturated rings. The Morgan fingerprint density at radius 2 is 2.50 bits per heavy atom. The van der Waals surface area contributed by atoms with Crippen LogP contribution in [-0.2, 0) is 18.3 Å². The molecule has 0 N–H and O–H groups in total. The van der Waals surface area contributed by atoms with Crippen molar-refractivity contribution in [2.75, 3.05) is 6.54 Å². The molecule has 1 heterocycles. The summed E-state index contributed by atoms with van der Waals surface area (Å²) in [5.74, 6) is 0. The Labute approximate surface area is 70.9 Å². The fraction of sp³-hybridized carbons (Fsp3) is 0.500. The van der Waals surface area contributed by atoms with Gasteiger partial charge in [0.2, 0.25) is 6.08 Å². The van der Waals surface area contributed by atoms with Crippen molar-refractivity contribution in [2.45, 2.75) is 13.3 Å². The van der Waals surface area contributed by atoms with Gasteiger partial charge in [-0.05, 0) is 13.0 Å². The van der Waals surface area contributed by atoms with E-state index in [0.29, 0.717) is 13.0 Å². The van der Waals surface area contributed by atoms with E-state index in [4.69, 9.17) is 0 Å². The van der Waals surface area contributed by atoms with E-state index in [2.05, 4.69) is 10.1 Å². The first-order valence-corrected chi connectivity index (χ1v) is 3.77. The first kappa shape index (κ1) is 8.68. The van der Waals surface area contributed by atoms with Crippen LogP contribution in [0.4, 0.5) is 0 Å². The maximum absolute atomic E-state index is 9.75. The molecule has 0 spiro atoms. The first-order chi connectivity index (χ1) is 5.74. The van der Waals surface area contributed by atoms with Gasteiger partial charge in [-0.25, -0.2) is 9.79 Å². The summed E-state index contributed by atoms with van der Waals surface area (Å²) in [6, 6.07) is 1.99. The van der Waals surface area contributed by atoms with E-state index in [9.17, 15) is 4.79 Å². The van der Waals surface area contributed by atoms with Crippen LogP contribution in [0.5, 0.6) is 0 Å². The minimum absolute atomic E-state index is 0.472. The monoisotopic (exact) mass is 165 g/mol. The van der Waals surface area contributed by atoms with Gasteiger partial charge in [0.1, 0.15) is 0 Å². The van der Waals surface area contributed by atoms with E-state index < -0.39 is 0 Å². The van der Waals surface area contributed by atoms with Crippen LogP contribution in [0.2, 0.25) is 0 Å². The Balaban J connectivity index is 2.58. The summed E-state index contributed by atoms with van der Waals surface area (Å²) < 4.78 is 1.81. The van der Waals surface area contributed by atoms with E-state index in [0.717, 1.165) is 11.4 Å². The zero-order valence-corrected chi connectivity index (χ0v) is 7.24. The van der Waals surface area contributed by atoms with Gasteiger partial charge in [-0.1, -0.05) is 0 Å². The van der Waals surface area contributed by atoms with Crippen molar-refractivity contribution in [3.05, 3.63) is 17.5 Å². The third-order valence-corrected chi connectivity index (χ3v) is 1.71. The third kappa shape index (κ3) is 2.04. The average molecular weight is 165 g/mol. The number of nitrogens with zero attached hydrogens (tertiary/aromatic N) is 3. The highest BCUT2D eigenvalue weighted by Crippen LogP contribution is 2.01. The number of aryl methyl sites for hydroxylation is 2. The van der Waals surface area contributed by atoms with Crippen LogP contribution in [0.15, 0.2) is 11.1 Å². The molecule has 0 saturated heterocycles. The fourth-order valence-electron chi connectivity index (χ4n) is 0.973. The Bertz CT molecular complexity index is 291. The van der Waals surface area contributed by atoms with Crippen molar-refractivity contribution in [3.8, 4) is 0 Å². The lowest BCUT2D eigenvalue weighted by molar-refractivity contribution is 0.562. The van der Waals surface area contributed by atoms with E-state index in [1.165, 1.54) is 6.08 Å². The summed E-state index contributed by atoms with van der Waals surface area (Å²) in [5, 5.41) is 4.21. The highest BCUT2D eigenvalue weighted by atomic mass is 16.1. The predicted molar refractivity (Wildman–Crippen MR) is 44.6 cm³/mol. The molecular weight excluding hydrogens is 154 g/mol. The maximum atomic E-state index is 9.75. The van der Waals surface area contributed by atoms with Gasteiger partial charge < -0.3 is 0 Å². The lowest BCUT2D eigenvalue weighted by atomic mass is 10.3. The van der Waals surface area contributed by atoms with Gasteiger partial charge in [-0.2, -0.15) is 5.10 Å². The highest BCUT2D eigenvalue weighted by Gasteiger charge is 1.99. The number of carbonyl (C=O) groups excluding carboxylic acids is 1. The molecule has 0 amide bonds. The Kier molecular flexibility index (Phi) is 2.77. The molecule has 0 bridgehead atoms. The van der Waals surface area contributed by atoms with Crippen molar-refractivity contribution >= 4 is 6.08 Å². The van der Waals surface area contributed by atoms with Crippen LogP contribution in [0, 0.1) is 6.92 Å². The second-order valence-corrected chi connectivity index (χ2v) is 2.62. The average Bonchev–Trinajstić information content (AvgIpc) is 2.32. The van der Waals surface area contributed by atoms with Gasteiger partial charge in [-0.15, -0.1) is 0 Å². The standard InChI is InChI=1S/C8H11N3O/c1-7-5-8(10-11(7)2)3-4-9-6-12/h5H,3-4H2,1-2H3. The minimum atomic E-state index is 0.472. The smallest absolute Gasteiger partial charge is 0.234 e. The lowest BCUT2D eigenvalue weighted by Gasteiger charge is -1.89. The molecule has 1 aromatic rings. The summed E-state index contributed by atoms with van der Waals surface area (Å²) in [5.41, 5.74) is 2.08. The van der Waals surface area contributed by atoms with Crippen LogP contribution in [0.3, 0.4) is 0 Å². The quantitative estimate of drug-likeness (QED) is 0.486. The molecule has 1 rings (SSSR count). The van der Waals surface area contributed by atoms with Crippen LogP contribution in [0.25, 0.3) is 0 Å². The molecule has 0 aromatic carbocycles. The normalized spacial score (nSPS) is 9.50. The Morgan fingerprint density at radius 3 is 3.00 bits per heavy atom. The van der Waals surface area contributed by atoms with Crippen molar-refractivity contribution in [1.29, 1.82) is 0 Å². The van der Waals surface area contributed by atoms with Gasteiger partial charge in [0, 0.05) is 19.2 Å². The van der Waals surface area contributed by atoms with E-state index in [-0.39, 0.29) is 0 Å². The van der Waals surface area contributed by atoms with Gasteiger partial charge in [-0.3, -0.25) is 4.68 Å². The number of hydrogen-bond acceptors (Lipinski definition) is 3. The first-order valence-electron chi connectivity index (χ1n) is 3.77. The van der Waals surface area contributed by atoms with Crippen LogP contribution in [0.1, 0.15) is 11.4 Å². The topological polar surface area (TPSA) is 47.2 Å². The maximum Gasteiger partial charge on any atom is 0.234 e. The molecule has 4 nitrogen and oxygen atoms in total. The zero-order chi connectivity index (χ0) is 8.97. The number of hydrogen-bond donors (Lipinski definition) is 0. The number of aliphatic imine (C=N–C) groups is 1. The van der Waals surface area contributed by atoms with Crippen LogP contribution < -0.4 is 0 Å². The third-order valence-electron chi connectivity index (χ3n) is 1.71. The molecule has 0 saturated carbocycles. The lowest BCUT2D eigenvalue weighted by Crippen LogP contribution is -1.95. The second kappa shape index (κ2) is 3.83. The van der Waals surface area contributed by atoms with E-state index >= 15 is 0 Å². The number of isocyanates is 1. The molecular formula is C8H11N3O. The van der Waals surface area contributed by atoms with Crippen molar-refractivity contribution in [3.63, 3.8) is 0 Å². The molecule has 4 heteroatoms. The highest BCUT2D eigenvalue weighted by molar-refractivity contribution is 5.32. The van der Waals surface area contributed by atoms with Crippen molar-refractivity contribution in [1.82, 2.24) is 9.78 Å².